The van der Waals surface area contributed by atoms with Crippen LogP contribution in [0, 0.1) is 17.8 Å². The van der Waals surface area contributed by atoms with Crippen molar-refractivity contribution in [3.8, 4) is 0 Å². The number of aryl methyl sites for hydroxylation is 1. The molecule has 8 nitrogen and oxygen atoms in total. The SMILES string of the molecule is Cn1nc(C(=O)N2C[C@H]3C[C@@H](C2)[C@H](CC2CCCCC2)N2C(=O)CCC[C@@H]32)[nH]c1=O. The maximum absolute atomic E-state index is 13.1. The van der Waals surface area contributed by atoms with Crippen LogP contribution in [-0.2, 0) is 11.8 Å². The first-order valence-corrected chi connectivity index (χ1v) is 11.7. The van der Waals surface area contributed by atoms with E-state index in [1.807, 2.05) is 4.90 Å². The number of carbonyl (C=O) groups excluding carboxylic acids is 2. The molecule has 1 saturated carbocycles. The second kappa shape index (κ2) is 7.85. The molecular weight excluding hydrogens is 382 g/mol. The van der Waals surface area contributed by atoms with Gasteiger partial charge in [-0.05, 0) is 43.4 Å². The minimum atomic E-state index is -0.366. The molecule has 0 unspecified atom stereocenters. The highest BCUT2D eigenvalue weighted by molar-refractivity contribution is 5.90. The number of amides is 2. The zero-order valence-corrected chi connectivity index (χ0v) is 17.9. The van der Waals surface area contributed by atoms with Crippen LogP contribution in [0.5, 0.6) is 0 Å². The molecule has 4 heterocycles. The molecule has 4 atom stereocenters. The van der Waals surface area contributed by atoms with Crippen molar-refractivity contribution in [1.29, 1.82) is 0 Å². The van der Waals surface area contributed by atoms with Gasteiger partial charge in [0, 0.05) is 38.6 Å². The van der Waals surface area contributed by atoms with Crippen molar-refractivity contribution in [3.05, 3.63) is 16.3 Å². The van der Waals surface area contributed by atoms with E-state index in [2.05, 4.69) is 15.0 Å². The fraction of sp³-hybridized carbons (Fsp3) is 0.818. The lowest BCUT2D eigenvalue weighted by Crippen LogP contribution is -2.65. The van der Waals surface area contributed by atoms with Crippen LogP contribution < -0.4 is 5.69 Å². The summed E-state index contributed by atoms with van der Waals surface area (Å²) in [6.07, 6.45) is 11.4. The van der Waals surface area contributed by atoms with Gasteiger partial charge in [0.1, 0.15) is 0 Å². The number of rotatable bonds is 3. The van der Waals surface area contributed by atoms with Crippen molar-refractivity contribution in [2.24, 2.45) is 24.8 Å². The van der Waals surface area contributed by atoms with E-state index in [9.17, 15) is 14.4 Å². The average molecular weight is 416 g/mol. The van der Waals surface area contributed by atoms with Crippen LogP contribution in [-0.4, -0.2) is 61.6 Å². The predicted octanol–water partition coefficient (Wildman–Crippen LogP) is 1.92. The summed E-state index contributed by atoms with van der Waals surface area (Å²) in [4.78, 5) is 44.6. The molecule has 4 aliphatic rings. The number of hydrogen-bond acceptors (Lipinski definition) is 4. The van der Waals surface area contributed by atoms with E-state index < -0.39 is 0 Å². The Morgan fingerprint density at radius 1 is 1.07 bits per heavy atom. The van der Waals surface area contributed by atoms with Gasteiger partial charge in [0.2, 0.25) is 11.7 Å². The van der Waals surface area contributed by atoms with Gasteiger partial charge >= 0.3 is 5.69 Å². The molecule has 164 valence electrons. The van der Waals surface area contributed by atoms with E-state index in [0.29, 0.717) is 43.2 Å². The van der Waals surface area contributed by atoms with Gasteiger partial charge in [-0.1, -0.05) is 32.1 Å². The Morgan fingerprint density at radius 3 is 2.57 bits per heavy atom. The quantitative estimate of drug-likeness (QED) is 0.817. The van der Waals surface area contributed by atoms with Gasteiger partial charge in [-0.2, -0.15) is 0 Å². The van der Waals surface area contributed by atoms with E-state index >= 15 is 0 Å². The maximum atomic E-state index is 13.1. The summed E-state index contributed by atoms with van der Waals surface area (Å²) in [7, 11) is 1.55. The van der Waals surface area contributed by atoms with Crippen molar-refractivity contribution in [2.45, 2.75) is 76.3 Å². The number of hydrogen-bond donors (Lipinski definition) is 1. The molecule has 1 aliphatic carbocycles. The lowest BCUT2D eigenvalue weighted by atomic mass is 9.69. The second-order valence-electron chi connectivity index (χ2n) is 9.94. The number of aromatic nitrogens is 3. The lowest BCUT2D eigenvalue weighted by Gasteiger charge is -2.57. The monoisotopic (exact) mass is 415 g/mol. The van der Waals surface area contributed by atoms with E-state index in [1.165, 1.54) is 36.8 Å². The van der Waals surface area contributed by atoms with Crippen molar-refractivity contribution < 1.29 is 9.59 Å². The Kier molecular flexibility index (Phi) is 5.19. The third-order valence-corrected chi connectivity index (χ3v) is 8.06. The Balaban J connectivity index is 1.40. The van der Waals surface area contributed by atoms with Gasteiger partial charge < -0.3 is 9.80 Å². The Hall–Kier alpha value is -2.12. The zero-order chi connectivity index (χ0) is 20.8. The van der Waals surface area contributed by atoms with Gasteiger partial charge in [-0.15, -0.1) is 5.10 Å². The molecule has 3 saturated heterocycles. The fourth-order valence-corrected chi connectivity index (χ4v) is 6.66. The topological polar surface area (TPSA) is 91.3 Å². The minimum absolute atomic E-state index is 0.128. The largest absolute Gasteiger partial charge is 0.343 e. The van der Waals surface area contributed by atoms with Gasteiger partial charge in [-0.25, -0.2) is 9.48 Å². The highest BCUT2D eigenvalue weighted by Crippen LogP contribution is 2.44. The molecule has 1 aromatic heterocycles. The highest BCUT2D eigenvalue weighted by atomic mass is 16.2. The lowest BCUT2D eigenvalue weighted by molar-refractivity contribution is -0.153. The van der Waals surface area contributed by atoms with Gasteiger partial charge in [0.15, 0.2) is 0 Å². The van der Waals surface area contributed by atoms with Crippen molar-refractivity contribution in [1.82, 2.24) is 24.6 Å². The summed E-state index contributed by atoms with van der Waals surface area (Å²) in [6.45, 7) is 1.31. The number of aromatic amines is 1. The van der Waals surface area contributed by atoms with Crippen LogP contribution in [0.25, 0.3) is 0 Å². The van der Waals surface area contributed by atoms with Crippen LogP contribution >= 0.6 is 0 Å². The van der Waals surface area contributed by atoms with E-state index in [-0.39, 0.29) is 29.5 Å². The summed E-state index contributed by atoms with van der Waals surface area (Å²) in [5.74, 6) is 1.63. The van der Waals surface area contributed by atoms with Crippen molar-refractivity contribution >= 4 is 11.8 Å². The zero-order valence-electron chi connectivity index (χ0n) is 17.9. The standard InChI is InChI=1S/C22H33N5O3/c1-25-22(30)23-20(24-25)21(29)26-12-15-11-16(13-26)18(10-14-6-3-2-4-7-14)27-17(15)8-5-9-19(27)28/h14-18H,2-13H2,1H3,(H,23,24,30)/t15-,16+,17+,18+/m1/s1. The molecule has 1 aromatic rings. The summed E-state index contributed by atoms with van der Waals surface area (Å²) in [6, 6.07) is 0.509. The van der Waals surface area contributed by atoms with Crippen molar-refractivity contribution in [2.75, 3.05) is 13.1 Å². The van der Waals surface area contributed by atoms with E-state index in [4.69, 9.17) is 0 Å². The molecule has 1 N–H and O–H groups in total. The molecule has 0 radical (unpaired) electrons. The second-order valence-corrected chi connectivity index (χ2v) is 9.94. The summed E-state index contributed by atoms with van der Waals surface area (Å²) in [5, 5.41) is 4.08. The summed E-state index contributed by atoms with van der Waals surface area (Å²) in [5.41, 5.74) is -0.366. The Labute approximate surface area is 177 Å². The first-order chi connectivity index (χ1) is 14.5. The molecule has 2 bridgehead atoms. The fourth-order valence-electron chi connectivity index (χ4n) is 6.66. The molecule has 3 aliphatic heterocycles. The normalized spacial score (nSPS) is 32.2. The molecule has 5 rings (SSSR count). The number of fused-ring (bicyclic) bond motifs is 4. The van der Waals surface area contributed by atoms with Crippen LogP contribution in [0.1, 0.15) is 74.8 Å². The van der Waals surface area contributed by atoms with E-state index in [0.717, 1.165) is 25.7 Å². The molecule has 2 amide bonds. The molecular formula is C22H33N5O3. The van der Waals surface area contributed by atoms with Gasteiger partial charge in [0.25, 0.3) is 5.91 Å². The number of H-pyrrole nitrogens is 1. The highest BCUT2D eigenvalue weighted by Gasteiger charge is 2.50. The molecule has 4 fully saturated rings. The molecule has 0 aromatic carbocycles. The molecule has 8 heteroatoms. The van der Waals surface area contributed by atoms with Crippen LogP contribution in [0.4, 0.5) is 0 Å². The predicted molar refractivity (Wildman–Crippen MR) is 111 cm³/mol. The third kappa shape index (κ3) is 3.48. The molecule has 30 heavy (non-hydrogen) atoms. The first kappa shape index (κ1) is 19.8. The first-order valence-electron chi connectivity index (χ1n) is 11.7. The summed E-state index contributed by atoms with van der Waals surface area (Å²) < 4.78 is 1.17. The Morgan fingerprint density at radius 2 is 1.83 bits per heavy atom. The number of likely N-dealkylation sites (tertiary alicyclic amines) is 1. The van der Waals surface area contributed by atoms with Gasteiger partial charge in [0.05, 0.1) is 0 Å². The van der Waals surface area contributed by atoms with Crippen LogP contribution in [0.2, 0.25) is 0 Å². The number of nitrogens with zero attached hydrogens (tertiary/aromatic N) is 4. The van der Waals surface area contributed by atoms with Crippen LogP contribution in [0.15, 0.2) is 4.79 Å². The molecule has 0 spiro atoms. The number of nitrogens with one attached hydrogen (secondary N) is 1. The van der Waals surface area contributed by atoms with E-state index in [1.54, 1.807) is 7.05 Å². The Bertz CT molecular complexity index is 870. The van der Waals surface area contributed by atoms with Crippen molar-refractivity contribution in [3.63, 3.8) is 0 Å². The maximum Gasteiger partial charge on any atom is 0.343 e. The van der Waals surface area contributed by atoms with Crippen LogP contribution in [0.3, 0.4) is 0 Å². The number of piperidine rings is 3. The minimum Gasteiger partial charge on any atom is -0.336 e. The third-order valence-electron chi connectivity index (χ3n) is 8.06. The van der Waals surface area contributed by atoms with Gasteiger partial charge in [-0.3, -0.25) is 14.6 Å². The number of carbonyl (C=O) groups is 2. The smallest absolute Gasteiger partial charge is 0.336 e. The average Bonchev–Trinajstić information content (AvgIpc) is 3.09. The summed E-state index contributed by atoms with van der Waals surface area (Å²) >= 11 is 0.